The predicted octanol–water partition coefficient (Wildman–Crippen LogP) is 3.27. The average molecular weight is 298 g/mol. The molecule has 2 unspecified atom stereocenters. The van der Waals surface area contributed by atoms with Gasteiger partial charge in [-0.2, -0.15) is 0 Å². The van der Waals surface area contributed by atoms with Crippen molar-refractivity contribution in [2.24, 2.45) is 28.7 Å². The molecule has 3 heteroatoms. The third-order valence-electron chi connectivity index (χ3n) is 5.66. The van der Waals surface area contributed by atoms with E-state index in [4.69, 9.17) is 11.5 Å². The molecule has 5 N–H and O–H groups in total. The highest BCUT2D eigenvalue weighted by atomic mass is 14.9. The normalized spacial score (nSPS) is 23.1. The van der Waals surface area contributed by atoms with Crippen LogP contribution in [0.5, 0.6) is 0 Å². The summed E-state index contributed by atoms with van der Waals surface area (Å²) in [5, 5.41) is 3.59. The van der Waals surface area contributed by atoms with Crippen LogP contribution in [0.25, 0.3) is 0 Å². The average Bonchev–Trinajstić information content (AvgIpc) is 2.55. The van der Waals surface area contributed by atoms with Gasteiger partial charge in [-0.05, 0) is 43.2 Å². The Morgan fingerprint density at radius 1 is 0.952 bits per heavy atom. The van der Waals surface area contributed by atoms with Crippen molar-refractivity contribution in [1.82, 2.24) is 5.32 Å². The number of nitrogens with two attached hydrogens (primary N) is 2. The maximum atomic E-state index is 6.56. The van der Waals surface area contributed by atoms with Gasteiger partial charge < -0.3 is 16.8 Å². The standard InChI is InChI=1S/C18H39N3/c1-15(2)16(12-19)13-21-14-17(20)18(3)10-8-6-4-5-7-9-11-18/h15-17,21H,4-14,19-20H2,1-3H3. The van der Waals surface area contributed by atoms with Crippen LogP contribution in [0, 0.1) is 17.3 Å². The zero-order valence-corrected chi connectivity index (χ0v) is 14.7. The van der Waals surface area contributed by atoms with Gasteiger partial charge in [-0.3, -0.25) is 0 Å². The molecule has 0 heterocycles. The fourth-order valence-corrected chi connectivity index (χ4v) is 3.52. The van der Waals surface area contributed by atoms with Gasteiger partial charge >= 0.3 is 0 Å². The second kappa shape index (κ2) is 9.81. The van der Waals surface area contributed by atoms with E-state index in [2.05, 4.69) is 26.1 Å². The van der Waals surface area contributed by atoms with Crippen LogP contribution in [0.15, 0.2) is 0 Å². The zero-order valence-electron chi connectivity index (χ0n) is 14.7. The molecule has 1 saturated carbocycles. The highest BCUT2D eigenvalue weighted by Gasteiger charge is 2.31. The van der Waals surface area contributed by atoms with Gasteiger partial charge in [-0.25, -0.2) is 0 Å². The first-order chi connectivity index (χ1) is 9.99. The maximum absolute atomic E-state index is 6.56. The summed E-state index contributed by atoms with van der Waals surface area (Å²) in [6.07, 6.45) is 10.9. The van der Waals surface area contributed by atoms with Crippen molar-refractivity contribution in [1.29, 1.82) is 0 Å². The fraction of sp³-hybridized carbons (Fsp3) is 1.00. The van der Waals surface area contributed by atoms with Crippen molar-refractivity contribution in [3.05, 3.63) is 0 Å². The van der Waals surface area contributed by atoms with Crippen molar-refractivity contribution in [3.63, 3.8) is 0 Å². The van der Waals surface area contributed by atoms with Crippen LogP contribution in [0.4, 0.5) is 0 Å². The van der Waals surface area contributed by atoms with Crippen molar-refractivity contribution < 1.29 is 0 Å². The third kappa shape index (κ3) is 6.66. The lowest BCUT2D eigenvalue weighted by Gasteiger charge is -2.36. The molecule has 0 aromatic rings. The minimum Gasteiger partial charge on any atom is -0.330 e. The summed E-state index contributed by atoms with van der Waals surface area (Å²) in [5.41, 5.74) is 12.7. The molecule has 0 saturated heterocycles. The van der Waals surface area contributed by atoms with Crippen molar-refractivity contribution in [3.8, 4) is 0 Å². The first-order valence-electron chi connectivity index (χ1n) is 9.16. The Kier molecular flexibility index (Phi) is 8.84. The summed E-state index contributed by atoms with van der Waals surface area (Å²) in [6.45, 7) is 9.60. The van der Waals surface area contributed by atoms with E-state index in [1.165, 1.54) is 51.4 Å². The second-order valence-corrected chi connectivity index (χ2v) is 7.78. The summed E-state index contributed by atoms with van der Waals surface area (Å²) < 4.78 is 0. The maximum Gasteiger partial charge on any atom is 0.0219 e. The van der Waals surface area contributed by atoms with E-state index in [9.17, 15) is 0 Å². The van der Waals surface area contributed by atoms with Crippen LogP contribution in [-0.2, 0) is 0 Å². The monoisotopic (exact) mass is 297 g/mol. The van der Waals surface area contributed by atoms with Gasteiger partial charge in [0.05, 0.1) is 0 Å². The van der Waals surface area contributed by atoms with Crippen molar-refractivity contribution in [2.75, 3.05) is 19.6 Å². The SMILES string of the molecule is CC(C)C(CN)CNCC(N)C1(C)CCCCCCCC1. The van der Waals surface area contributed by atoms with Gasteiger partial charge in [0.15, 0.2) is 0 Å². The molecular weight excluding hydrogens is 258 g/mol. The number of nitrogens with one attached hydrogen (secondary N) is 1. The number of hydrogen-bond acceptors (Lipinski definition) is 3. The summed E-state index contributed by atoms with van der Waals surface area (Å²) >= 11 is 0. The Morgan fingerprint density at radius 2 is 1.48 bits per heavy atom. The molecule has 1 aliphatic carbocycles. The largest absolute Gasteiger partial charge is 0.330 e. The molecule has 0 aromatic carbocycles. The highest BCUT2D eigenvalue weighted by molar-refractivity contribution is 4.87. The van der Waals surface area contributed by atoms with Crippen LogP contribution in [0.1, 0.15) is 72.1 Å². The first kappa shape index (κ1) is 18.9. The topological polar surface area (TPSA) is 64.1 Å². The van der Waals surface area contributed by atoms with Crippen LogP contribution >= 0.6 is 0 Å². The smallest absolute Gasteiger partial charge is 0.0219 e. The molecule has 0 amide bonds. The number of hydrogen-bond donors (Lipinski definition) is 3. The third-order valence-corrected chi connectivity index (χ3v) is 5.66. The second-order valence-electron chi connectivity index (χ2n) is 7.78. The first-order valence-corrected chi connectivity index (χ1v) is 9.16. The molecular formula is C18H39N3. The van der Waals surface area contributed by atoms with E-state index >= 15 is 0 Å². The Morgan fingerprint density at radius 3 is 1.95 bits per heavy atom. The Balaban J connectivity index is 2.41. The van der Waals surface area contributed by atoms with E-state index in [1.54, 1.807) is 0 Å². The lowest BCUT2D eigenvalue weighted by atomic mass is 9.74. The molecule has 1 aliphatic rings. The molecule has 0 radical (unpaired) electrons. The summed E-state index contributed by atoms with van der Waals surface area (Å²) in [5.74, 6) is 1.20. The minimum atomic E-state index is 0.265. The van der Waals surface area contributed by atoms with E-state index in [0.29, 0.717) is 17.3 Å². The van der Waals surface area contributed by atoms with Gasteiger partial charge in [0, 0.05) is 12.6 Å². The van der Waals surface area contributed by atoms with Gasteiger partial charge in [-0.1, -0.05) is 59.3 Å². The summed E-state index contributed by atoms with van der Waals surface area (Å²) in [4.78, 5) is 0. The Bertz CT molecular complexity index is 255. The van der Waals surface area contributed by atoms with E-state index in [0.717, 1.165) is 19.6 Å². The lowest BCUT2D eigenvalue weighted by molar-refractivity contribution is 0.196. The van der Waals surface area contributed by atoms with E-state index in [1.807, 2.05) is 0 Å². The van der Waals surface area contributed by atoms with Gasteiger partial charge in [0.1, 0.15) is 0 Å². The van der Waals surface area contributed by atoms with E-state index < -0.39 is 0 Å². The molecule has 1 fully saturated rings. The van der Waals surface area contributed by atoms with E-state index in [-0.39, 0.29) is 6.04 Å². The predicted molar refractivity (Wildman–Crippen MR) is 93.3 cm³/mol. The van der Waals surface area contributed by atoms with Gasteiger partial charge in [0.25, 0.3) is 0 Å². The number of rotatable bonds is 7. The fourth-order valence-electron chi connectivity index (χ4n) is 3.52. The highest BCUT2D eigenvalue weighted by Crippen LogP contribution is 2.35. The Hall–Kier alpha value is -0.120. The minimum absolute atomic E-state index is 0.265. The molecule has 0 spiro atoms. The molecule has 0 aliphatic heterocycles. The molecule has 3 nitrogen and oxygen atoms in total. The Labute approximate surface area is 132 Å². The summed E-state index contributed by atoms with van der Waals surface area (Å²) in [6, 6.07) is 0.265. The van der Waals surface area contributed by atoms with Crippen LogP contribution < -0.4 is 16.8 Å². The quantitative estimate of drug-likeness (QED) is 0.676. The van der Waals surface area contributed by atoms with Crippen LogP contribution in [-0.4, -0.2) is 25.7 Å². The molecule has 0 bridgehead atoms. The molecule has 21 heavy (non-hydrogen) atoms. The zero-order chi connectivity index (χ0) is 15.7. The van der Waals surface area contributed by atoms with Crippen LogP contribution in [0.2, 0.25) is 0 Å². The van der Waals surface area contributed by atoms with Gasteiger partial charge in [-0.15, -0.1) is 0 Å². The van der Waals surface area contributed by atoms with Crippen LogP contribution in [0.3, 0.4) is 0 Å². The van der Waals surface area contributed by atoms with Crippen molar-refractivity contribution in [2.45, 2.75) is 78.2 Å². The molecule has 2 atom stereocenters. The molecule has 0 aromatic heterocycles. The lowest BCUT2D eigenvalue weighted by Crippen LogP contribution is -2.48. The molecule has 126 valence electrons. The van der Waals surface area contributed by atoms with Gasteiger partial charge in [0.2, 0.25) is 0 Å². The summed E-state index contributed by atoms with van der Waals surface area (Å²) in [7, 11) is 0. The van der Waals surface area contributed by atoms with Crippen molar-refractivity contribution >= 4 is 0 Å². The molecule has 1 rings (SSSR count).